The van der Waals surface area contributed by atoms with Crippen molar-refractivity contribution in [2.24, 2.45) is 0 Å². The Hall–Kier alpha value is -1.33. The molecule has 1 atom stereocenters. The minimum atomic E-state index is -0.655. The van der Waals surface area contributed by atoms with Gasteiger partial charge >= 0.3 is 0 Å². The average molecular weight is 238 g/mol. The first-order valence-electron chi connectivity index (χ1n) is 4.81. The van der Waals surface area contributed by atoms with Crippen LogP contribution >= 0.6 is 11.8 Å². The van der Waals surface area contributed by atoms with E-state index >= 15 is 0 Å². The number of hydrogen-bond acceptors (Lipinski definition) is 3. The monoisotopic (exact) mass is 238 g/mol. The third-order valence-electron chi connectivity index (χ3n) is 2.12. The maximum Gasteiger partial charge on any atom is 0.170 e. The molecule has 2 rings (SSSR count). The van der Waals surface area contributed by atoms with E-state index in [1.54, 1.807) is 31.5 Å². The van der Waals surface area contributed by atoms with Crippen molar-refractivity contribution < 1.29 is 9.50 Å². The quantitative estimate of drug-likeness (QED) is 0.864. The molecule has 0 spiro atoms. The maximum atomic E-state index is 13.6. The zero-order chi connectivity index (χ0) is 11.5. The highest BCUT2D eigenvalue weighted by Gasteiger charge is 2.09. The van der Waals surface area contributed by atoms with Gasteiger partial charge in [-0.3, -0.25) is 0 Å². The number of halogens is 1. The van der Waals surface area contributed by atoms with Crippen LogP contribution in [0.4, 0.5) is 4.39 Å². The van der Waals surface area contributed by atoms with Crippen LogP contribution < -0.4 is 0 Å². The number of aliphatic hydroxyl groups excluding tert-OH is 1. The van der Waals surface area contributed by atoms with Crippen LogP contribution in [-0.2, 0) is 0 Å². The van der Waals surface area contributed by atoms with Gasteiger partial charge in [-0.25, -0.2) is 9.37 Å². The number of H-pyrrole nitrogens is 1. The van der Waals surface area contributed by atoms with Gasteiger partial charge in [-0.1, -0.05) is 6.07 Å². The van der Waals surface area contributed by atoms with E-state index in [4.69, 9.17) is 0 Å². The SMILES string of the molecule is C[C@@H](O)c1ccc(Sc2ncc[nH]2)c(F)c1. The van der Waals surface area contributed by atoms with Crippen molar-refractivity contribution in [3.05, 3.63) is 42.0 Å². The molecule has 1 aromatic carbocycles. The summed E-state index contributed by atoms with van der Waals surface area (Å²) in [7, 11) is 0. The van der Waals surface area contributed by atoms with Gasteiger partial charge in [0.05, 0.1) is 11.0 Å². The zero-order valence-electron chi connectivity index (χ0n) is 8.64. The Morgan fingerprint density at radius 1 is 1.50 bits per heavy atom. The van der Waals surface area contributed by atoms with Crippen LogP contribution in [-0.4, -0.2) is 15.1 Å². The van der Waals surface area contributed by atoms with E-state index < -0.39 is 6.10 Å². The molecule has 0 radical (unpaired) electrons. The van der Waals surface area contributed by atoms with Crippen molar-refractivity contribution in [1.29, 1.82) is 0 Å². The van der Waals surface area contributed by atoms with Crippen molar-refractivity contribution >= 4 is 11.8 Å². The lowest BCUT2D eigenvalue weighted by Gasteiger charge is -2.06. The molecular weight excluding hydrogens is 227 g/mol. The fourth-order valence-electron chi connectivity index (χ4n) is 1.27. The number of imidazole rings is 1. The van der Waals surface area contributed by atoms with Gasteiger partial charge in [0, 0.05) is 12.4 Å². The Morgan fingerprint density at radius 3 is 2.88 bits per heavy atom. The van der Waals surface area contributed by atoms with E-state index in [1.165, 1.54) is 17.8 Å². The summed E-state index contributed by atoms with van der Waals surface area (Å²) in [5, 5.41) is 9.95. The summed E-state index contributed by atoms with van der Waals surface area (Å²) in [6.07, 6.45) is 2.65. The van der Waals surface area contributed by atoms with Crippen LogP contribution in [0.3, 0.4) is 0 Å². The van der Waals surface area contributed by atoms with Gasteiger partial charge < -0.3 is 10.1 Å². The Bertz CT molecular complexity index is 471. The summed E-state index contributed by atoms with van der Waals surface area (Å²) in [4.78, 5) is 7.37. The van der Waals surface area contributed by atoms with Crippen LogP contribution in [0.5, 0.6) is 0 Å². The van der Waals surface area contributed by atoms with Gasteiger partial charge in [-0.2, -0.15) is 0 Å². The molecule has 84 valence electrons. The van der Waals surface area contributed by atoms with Gasteiger partial charge in [-0.15, -0.1) is 0 Å². The smallest absolute Gasteiger partial charge is 0.170 e. The fraction of sp³-hybridized carbons (Fsp3) is 0.182. The molecule has 5 heteroatoms. The molecule has 0 aliphatic carbocycles. The number of nitrogens with one attached hydrogen (secondary N) is 1. The van der Waals surface area contributed by atoms with E-state index in [-0.39, 0.29) is 5.82 Å². The lowest BCUT2D eigenvalue weighted by Crippen LogP contribution is -1.93. The molecule has 1 heterocycles. The number of nitrogens with zero attached hydrogens (tertiary/aromatic N) is 1. The topological polar surface area (TPSA) is 48.9 Å². The zero-order valence-corrected chi connectivity index (χ0v) is 9.46. The molecule has 2 N–H and O–H groups in total. The van der Waals surface area contributed by atoms with Gasteiger partial charge in [0.2, 0.25) is 0 Å². The number of rotatable bonds is 3. The normalized spacial score (nSPS) is 12.7. The fourth-order valence-corrected chi connectivity index (χ4v) is 2.01. The highest BCUT2D eigenvalue weighted by molar-refractivity contribution is 7.99. The Balaban J connectivity index is 2.23. The summed E-state index contributed by atoms with van der Waals surface area (Å²) in [5.74, 6) is -0.347. The van der Waals surface area contributed by atoms with Gasteiger partial charge in [0.25, 0.3) is 0 Å². The predicted molar refractivity (Wildman–Crippen MR) is 59.7 cm³/mol. The maximum absolute atomic E-state index is 13.6. The molecule has 0 saturated carbocycles. The van der Waals surface area contributed by atoms with Gasteiger partial charge in [0.1, 0.15) is 5.82 Å². The molecule has 2 aromatic rings. The highest BCUT2D eigenvalue weighted by Crippen LogP contribution is 2.28. The molecule has 0 amide bonds. The van der Waals surface area contributed by atoms with Crippen LogP contribution in [0.15, 0.2) is 40.6 Å². The molecule has 0 saturated heterocycles. The van der Waals surface area contributed by atoms with Crippen LogP contribution in [0, 0.1) is 5.82 Å². The molecule has 0 aliphatic rings. The highest BCUT2D eigenvalue weighted by atomic mass is 32.2. The molecule has 3 nitrogen and oxygen atoms in total. The second-order valence-corrected chi connectivity index (χ2v) is 4.39. The van der Waals surface area contributed by atoms with Crippen molar-refractivity contribution in [2.45, 2.75) is 23.1 Å². The van der Waals surface area contributed by atoms with Crippen molar-refractivity contribution in [3.63, 3.8) is 0 Å². The summed E-state index contributed by atoms with van der Waals surface area (Å²) in [6.45, 7) is 1.61. The third-order valence-corrected chi connectivity index (χ3v) is 3.09. The van der Waals surface area contributed by atoms with E-state index in [0.29, 0.717) is 15.6 Å². The molecule has 1 aromatic heterocycles. The molecule has 0 aliphatic heterocycles. The number of benzene rings is 1. The minimum Gasteiger partial charge on any atom is -0.389 e. The number of aliphatic hydroxyl groups is 1. The first-order valence-corrected chi connectivity index (χ1v) is 5.63. The first-order chi connectivity index (χ1) is 7.66. The van der Waals surface area contributed by atoms with E-state index in [2.05, 4.69) is 9.97 Å². The first kappa shape index (κ1) is 11.2. The largest absolute Gasteiger partial charge is 0.389 e. The number of hydrogen-bond donors (Lipinski definition) is 2. The van der Waals surface area contributed by atoms with Gasteiger partial charge in [0.15, 0.2) is 5.16 Å². The minimum absolute atomic E-state index is 0.347. The van der Waals surface area contributed by atoms with Crippen molar-refractivity contribution in [1.82, 2.24) is 9.97 Å². The Labute approximate surface area is 96.7 Å². The third kappa shape index (κ3) is 2.43. The second kappa shape index (κ2) is 4.67. The molecule has 0 unspecified atom stereocenters. The molecule has 0 fully saturated rings. The number of aromatic nitrogens is 2. The summed E-state index contributed by atoms with van der Waals surface area (Å²) < 4.78 is 13.6. The van der Waals surface area contributed by atoms with E-state index in [1.807, 2.05) is 0 Å². The van der Waals surface area contributed by atoms with Crippen molar-refractivity contribution in [2.75, 3.05) is 0 Å². The molecular formula is C11H11FN2OS. The van der Waals surface area contributed by atoms with Crippen LogP contribution in [0.1, 0.15) is 18.6 Å². The molecule has 0 bridgehead atoms. The Kier molecular flexibility index (Phi) is 3.26. The second-order valence-electron chi connectivity index (χ2n) is 3.36. The lowest BCUT2D eigenvalue weighted by molar-refractivity contribution is 0.198. The van der Waals surface area contributed by atoms with Crippen LogP contribution in [0.25, 0.3) is 0 Å². The predicted octanol–water partition coefficient (Wildman–Crippen LogP) is 2.75. The lowest BCUT2D eigenvalue weighted by atomic mass is 10.1. The van der Waals surface area contributed by atoms with Crippen LogP contribution in [0.2, 0.25) is 0 Å². The summed E-state index contributed by atoms with van der Waals surface area (Å²) in [6, 6.07) is 4.69. The standard InChI is InChI=1S/C11H11FN2OS/c1-7(15)8-2-3-10(9(12)6-8)16-11-13-4-5-14-11/h2-7,15H,1H3,(H,13,14)/t7-/m1/s1. The van der Waals surface area contributed by atoms with Gasteiger partial charge in [-0.05, 0) is 36.4 Å². The summed E-state index contributed by atoms with van der Waals surface area (Å²) >= 11 is 1.22. The van der Waals surface area contributed by atoms with E-state index in [9.17, 15) is 9.50 Å². The van der Waals surface area contributed by atoms with E-state index in [0.717, 1.165) is 0 Å². The van der Waals surface area contributed by atoms with Crippen molar-refractivity contribution in [3.8, 4) is 0 Å². The summed E-state index contributed by atoms with van der Waals surface area (Å²) in [5.41, 5.74) is 0.571. The molecule has 16 heavy (non-hydrogen) atoms. The average Bonchev–Trinajstić information content (AvgIpc) is 2.73. The Morgan fingerprint density at radius 2 is 2.31 bits per heavy atom. The number of aromatic amines is 1.